The molecule has 1 heterocycles. The molecule has 0 spiro atoms. The monoisotopic (exact) mass is 340 g/mol. The summed E-state index contributed by atoms with van der Waals surface area (Å²) in [7, 11) is 0. The first-order valence-electron chi connectivity index (χ1n) is 8.18. The number of rotatable bonds is 9. The van der Waals surface area contributed by atoms with Gasteiger partial charge in [0.25, 0.3) is 0 Å². The molecule has 1 fully saturated rings. The van der Waals surface area contributed by atoms with Crippen molar-refractivity contribution in [3.05, 3.63) is 18.1 Å². The van der Waals surface area contributed by atoms with Crippen LogP contribution in [0.1, 0.15) is 31.5 Å². The number of thioether (sulfide) groups is 2. The molecule has 22 heavy (non-hydrogen) atoms. The highest BCUT2D eigenvalue weighted by atomic mass is 32.2. The van der Waals surface area contributed by atoms with E-state index >= 15 is 0 Å². The van der Waals surface area contributed by atoms with Gasteiger partial charge in [0.05, 0.1) is 5.03 Å². The van der Waals surface area contributed by atoms with Gasteiger partial charge in [-0.1, -0.05) is 0 Å². The summed E-state index contributed by atoms with van der Waals surface area (Å²) in [6, 6.07) is 2.42. The minimum absolute atomic E-state index is 0.457. The number of hydrogen-bond acceptors (Lipinski definition) is 6. The van der Waals surface area contributed by atoms with Crippen molar-refractivity contribution in [1.82, 2.24) is 15.3 Å². The number of nitrogens with two attached hydrogens (primary N) is 1. The molecular formula is C16H28N4S2. The maximum absolute atomic E-state index is 5.94. The Morgan fingerprint density at radius 3 is 2.86 bits per heavy atom. The van der Waals surface area contributed by atoms with Crippen LogP contribution in [0.2, 0.25) is 0 Å². The molecule has 1 aromatic rings. The summed E-state index contributed by atoms with van der Waals surface area (Å²) in [4.78, 5) is 8.83. The Morgan fingerprint density at radius 1 is 1.27 bits per heavy atom. The maximum atomic E-state index is 5.94. The van der Waals surface area contributed by atoms with Crippen LogP contribution in [0.4, 0.5) is 0 Å². The van der Waals surface area contributed by atoms with Gasteiger partial charge in [0, 0.05) is 36.7 Å². The lowest BCUT2D eigenvalue weighted by molar-refractivity contribution is 0.317. The number of nitrogens with one attached hydrogen (secondary N) is 1. The Labute approximate surface area is 142 Å². The van der Waals surface area contributed by atoms with Crippen LogP contribution >= 0.6 is 23.5 Å². The van der Waals surface area contributed by atoms with Crippen LogP contribution in [0, 0.1) is 5.92 Å². The van der Waals surface area contributed by atoms with E-state index in [0.29, 0.717) is 6.04 Å². The number of aromatic nitrogens is 2. The third-order valence-electron chi connectivity index (χ3n) is 4.11. The largest absolute Gasteiger partial charge is 0.328 e. The molecule has 124 valence electrons. The fraction of sp³-hybridized carbons (Fsp3) is 0.750. The number of nitrogens with zero attached hydrogens (tertiary/aromatic N) is 2. The third-order valence-corrected chi connectivity index (χ3v) is 5.74. The minimum atomic E-state index is 0.457. The van der Waals surface area contributed by atoms with Gasteiger partial charge < -0.3 is 11.1 Å². The van der Waals surface area contributed by atoms with Crippen LogP contribution in [0.3, 0.4) is 0 Å². The molecule has 1 aromatic heterocycles. The molecular weight excluding hydrogens is 312 g/mol. The quantitative estimate of drug-likeness (QED) is 0.409. The summed E-state index contributed by atoms with van der Waals surface area (Å²) < 4.78 is 0. The van der Waals surface area contributed by atoms with Gasteiger partial charge in [0.2, 0.25) is 0 Å². The molecule has 0 bridgehead atoms. The van der Waals surface area contributed by atoms with E-state index in [-0.39, 0.29) is 0 Å². The van der Waals surface area contributed by atoms with Gasteiger partial charge in [-0.2, -0.15) is 11.8 Å². The van der Waals surface area contributed by atoms with Crippen LogP contribution < -0.4 is 11.1 Å². The normalized spacial score (nSPS) is 21.9. The Bertz CT molecular complexity index is 422. The average molecular weight is 341 g/mol. The highest BCUT2D eigenvalue weighted by Gasteiger charge is 2.17. The van der Waals surface area contributed by atoms with Crippen molar-refractivity contribution >= 4 is 23.5 Å². The highest BCUT2D eigenvalue weighted by molar-refractivity contribution is 7.99. The first-order valence-corrected chi connectivity index (χ1v) is 10.6. The smallest absolute Gasteiger partial charge is 0.130 e. The van der Waals surface area contributed by atoms with Crippen LogP contribution in [0.25, 0.3) is 0 Å². The predicted octanol–water partition coefficient (Wildman–Crippen LogP) is 2.58. The molecule has 0 saturated heterocycles. The Hall–Kier alpha value is -0.300. The van der Waals surface area contributed by atoms with E-state index in [1.54, 1.807) is 11.8 Å². The molecule has 1 aliphatic carbocycles. The van der Waals surface area contributed by atoms with Gasteiger partial charge in [0.15, 0.2) is 0 Å². The van der Waals surface area contributed by atoms with Crippen molar-refractivity contribution in [2.75, 3.05) is 30.9 Å². The van der Waals surface area contributed by atoms with Gasteiger partial charge in [-0.05, 0) is 50.5 Å². The molecule has 1 aliphatic rings. The van der Waals surface area contributed by atoms with Gasteiger partial charge >= 0.3 is 0 Å². The lowest BCUT2D eigenvalue weighted by atomic mass is 9.86. The van der Waals surface area contributed by atoms with E-state index in [9.17, 15) is 0 Å². The van der Waals surface area contributed by atoms with Gasteiger partial charge in [-0.15, -0.1) is 11.8 Å². The maximum Gasteiger partial charge on any atom is 0.130 e. The molecule has 4 nitrogen and oxygen atoms in total. The topological polar surface area (TPSA) is 63.8 Å². The molecule has 6 heteroatoms. The summed E-state index contributed by atoms with van der Waals surface area (Å²) >= 11 is 3.65. The van der Waals surface area contributed by atoms with Crippen molar-refractivity contribution < 1.29 is 0 Å². The van der Waals surface area contributed by atoms with Crippen LogP contribution in [-0.4, -0.2) is 46.9 Å². The second kappa shape index (κ2) is 10.5. The van der Waals surface area contributed by atoms with Crippen molar-refractivity contribution in [2.45, 2.75) is 43.2 Å². The lowest BCUT2D eigenvalue weighted by Gasteiger charge is -2.26. The van der Waals surface area contributed by atoms with Crippen LogP contribution in [0.5, 0.6) is 0 Å². The summed E-state index contributed by atoms with van der Waals surface area (Å²) in [5.41, 5.74) is 5.94. The fourth-order valence-electron chi connectivity index (χ4n) is 2.72. The zero-order valence-electron chi connectivity index (χ0n) is 13.5. The summed E-state index contributed by atoms with van der Waals surface area (Å²) in [5, 5.41) is 4.65. The zero-order valence-corrected chi connectivity index (χ0v) is 15.1. The summed E-state index contributed by atoms with van der Waals surface area (Å²) in [5.74, 6) is 4.06. The van der Waals surface area contributed by atoms with Gasteiger partial charge in [0.1, 0.15) is 5.82 Å². The minimum Gasteiger partial charge on any atom is -0.328 e. The van der Waals surface area contributed by atoms with Gasteiger partial charge in [-0.25, -0.2) is 9.97 Å². The number of aryl methyl sites for hydroxylation is 1. The lowest BCUT2D eigenvalue weighted by Crippen LogP contribution is -2.32. The molecule has 0 unspecified atom stereocenters. The Kier molecular flexibility index (Phi) is 8.59. The molecule has 0 aromatic carbocycles. The highest BCUT2D eigenvalue weighted by Crippen LogP contribution is 2.22. The SMILES string of the molecule is CSc1ccnc(CCSCCNCC2CCC(N)CC2)n1. The second-order valence-electron chi connectivity index (χ2n) is 5.86. The zero-order chi connectivity index (χ0) is 15.6. The second-order valence-corrected chi connectivity index (χ2v) is 7.91. The summed E-state index contributed by atoms with van der Waals surface area (Å²) in [6.45, 7) is 2.26. The van der Waals surface area contributed by atoms with Crippen molar-refractivity contribution in [3.63, 3.8) is 0 Å². The Morgan fingerprint density at radius 2 is 2.09 bits per heavy atom. The Balaban J connectivity index is 1.47. The fourth-order valence-corrected chi connectivity index (χ4v) is 3.94. The predicted molar refractivity (Wildman–Crippen MR) is 97.6 cm³/mol. The standard InChI is InChI=1S/C16H28N4S2/c1-21-16-6-8-19-15(20-16)7-10-22-11-9-18-12-13-2-4-14(17)5-3-13/h6,8,13-14,18H,2-5,7,9-12,17H2,1H3. The molecule has 2 rings (SSSR count). The van der Waals surface area contributed by atoms with Crippen LogP contribution in [0.15, 0.2) is 17.3 Å². The van der Waals surface area contributed by atoms with Crippen molar-refractivity contribution in [3.8, 4) is 0 Å². The van der Waals surface area contributed by atoms with E-state index in [1.807, 2.05) is 30.3 Å². The first-order chi connectivity index (χ1) is 10.8. The third kappa shape index (κ3) is 6.86. The molecule has 1 saturated carbocycles. The molecule has 0 aliphatic heterocycles. The average Bonchev–Trinajstić information content (AvgIpc) is 2.56. The van der Waals surface area contributed by atoms with Crippen LogP contribution in [-0.2, 0) is 6.42 Å². The van der Waals surface area contributed by atoms with E-state index in [1.165, 1.54) is 25.7 Å². The van der Waals surface area contributed by atoms with Crippen molar-refractivity contribution in [1.29, 1.82) is 0 Å². The molecule has 0 radical (unpaired) electrons. The van der Waals surface area contributed by atoms with E-state index in [4.69, 9.17) is 5.73 Å². The molecule has 0 amide bonds. The summed E-state index contributed by atoms with van der Waals surface area (Å²) in [6.07, 6.45) is 9.86. The van der Waals surface area contributed by atoms with E-state index < -0.39 is 0 Å². The van der Waals surface area contributed by atoms with Gasteiger partial charge in [-0.3, -0.25) is 0 Å². The number of hydrogen-bond donors (Lipinski definition) is 2. The van der Waals surface area contributed by atoms with E-state index in [2.05, 4.69) is 15.3 Å². The first kappa shape index (κ1) is 18.0. The van der Waals surface area contributed by atoms with Crippen molar-refractivity contribution in [2.24, 2.45) is 11.7 Å². The molecule has 3 N–H and O–H groups in total. The molecule has 0 atom stereocenters. The van der Waals surface area contributed by atoms with E-state index in [0.717, 1.165) is 47.8 Å².